The van der Waals surface area contributed by atoms with Crippen molar-refractivity contribution in [2.45, 2.75) is 0 Å². The van der Waals surface area contributed by atoms with Crippen LogP contribution >= 0.6 is 15.9 Å². The number of carbonyl (C=O) groups is 1. The van der Waals surface area contributed by atoms with Crippen LogP contribution in [0.25, 0.3) is 0 Å². The third-order valence-electron chi connectivity index (χ3n) is 1.76. The lowest BCUT2D eigenvalue weighted by molar-refractivity contribution is -0.117. The molecule has 2 rings (SSSR count). The number of aliphatic imine (C=N–C) groups is 1. The summed E-state index contributed by atoms with van der Waals surface area (Å²) in [5.74, 6) is 0.621. The normalized spacial score (nSPS) is 15.5. The summed E-state index contributed by atoms with van der Waals surface area (Å²) in [4.78, 5) is 14.9. The Morgan fingerprint density at radius 2 is 2.00 bits per heavy atom. The number of rotatable bonds is 1. The molecule has 3 nitrogen and oxygen atoms in total. The van der Waals surface area contributed by atoms with E-state index in [-0.39, 0.29) is 12.5 Å². The van der Waals surface area contributed by atoms with Crippen molar-refractivity contribution in [2.75, 3.05) is 6.54 Å². The molecule has 0 spiro atoms. The molecule has 0 aliphatic carbocycles. The molecule has 66 valence electrons. The molecule has 1 N–H and O–H groups in total. The smallest absolute Gasteiger partial charge is 0.247 e. The molecular formula is C9H7BrN2O. The predicted octanol–water partition coefficient (Wildman–Crippen LogP) is 1.33. The SMILES string of the molecule is O=C1CN=C(c2ccc(Br)cc2)N1. The first-order chi connectivity index (χ1) is 6.25. The second-order valence-corrected chi connectivity index (χ2v) is 3.64. The van der Waals surface area contributed by atoms with Gasteiger partial charge in [-0.15, -0.1) is 0 Å². The van der Waals surface area contributed by atoms with E-state index in [1.54, 1.807) is 0 Å². The number of halogens is 1. The summed E-state index contributed by atoms with van der Waals surface area (Å²) in [5, 5.41) is 2.69. The molecule has 0 saturated carbocycles. The molecule has 0 radical (unpaired) electrons. The molecule has 1 aromatic carbocycles. The molecule has 13 heavy (non-hydrogen) atoms. The first-order valence-electron chi connectivity index (χ1n) is 3.86. The van der Waals surface area contributed by atoms with Gasteiger partial charge in [0.25, 0.3) is 0 Å². The molecular weight excluding hydrogens is 232 g/mol. The van der Waals surface area contributed by atoms with Gasteiger partial charge in [-0.3, -0.25) is 9.79 Å². The van der Waals surface area contributed by atoms with Crippen molar-refractivity contribution in [3.05, 3.63) is 34.3 Å². The number of hydrogen-bond acceptors (Lipinski definition) is 2. The van der Waals surface area contributed by atoms with Gasteiger partial charge in [-0.2, -0.15) is 0 Å². The molecule has 4 heteroatoms. The third kappa shape index (κ3) is 1.78. The maximum absolute atomic E-state index is 10.9. The van der Waals surface area contributed by atoms with Crippen LogP contribution in [-0.2, 0) is 4.79 Å². The second-order valence-electron chi connectivity index (χ2n) is 2.72. The fourth-order valence-electron chi connectivity index (χ4n) is 1.13. The Bertz CT molecular complexity index is 370. The standard InChI is InChI=1S/C9H7BrN2O/c10-7-3-1-6(2-4-7)9-11-5-8(13)12-9/h1-4H,5H2,(H,11,12,13). The minimum absolute atomic E-state index is 0.0436. The number of nitrogens with zero attached hydrogens (tertiary/aromatic N) is 1. The highest BCUT2D eigenvalue weighted by Crippen LogP contribution is 2.11. The van der Waals surface area contributed by atoms with Crippen LogP contribution in [0.15, 0.2) is 33.7 Å². The number of amides is 1. The van der Waals surface area contributed by atoms with Crippen LogP contribution in [-0.4, -0.2) is 18.3 Å². The maximum Gasteiger partial charge on any atom is 0.247 e. The summed E-state index contributed by atoms with van der Waals surface area (Å²) in [6.07, 6.45) is 0. The number of amidine groups is 1. The monoisotopic (exact) mass is 238 g/mol. The van der Waals surface area contributed by atoms with E-state index >= 15 is 0 Å². The van der Waals surface area contributed by atoms with Crippen molar-refractivity contribution in [2.24, 2.45) is 4.99 Å². The fourth-order valence-corrected chi connectivity index (χ4v) is 1.40. The van der Waals surface area contributed by atoms with Crippen LogP contribution in [0, 0.1) is 0 Å². The molecule has 1 aromatic rings. The van der Waals surface area contributed by atoms with Gasteiger partial charge in [-0.25, -0.2) is 0 Å². The van der Waals surface area contributed by atoms with Gasteiger partial charge >= 0.3 is 0 Å². The molecule has 0 saturated heterocycles. The van der Waals surface area contributed by atoms with Crippen molar-refractivity contribution < 1.29 is 4.79 Å². The fraction of sp³-hybridized carbons (Fsp3) is 0.111. The summed E-state index contributed by atoms with van der Waals surface area (Å²) in [7, 11) is 0. The van der Waals surface area contributed by atoms with E-state index in [0.717, 1.165) is 10.0 Å². The van der Waals surface area contributed by atoms with E-state index in [1.807, 2.05) is 24.3 Å². The lowest BCUT2D eigenvalue weighted by atomic mass is 10.2. The maximum atomic E-state index is 10.9. The van der Waals surface area contributed by atoms with E-state index in [9.17, 15) is 4.79 Å². The Labute approximate surface area is 84.0 Å². The number of benzene rings is 1. The average molecular weight is 239 g/mol. The van der Waals surface area contributed by atoms with Crippen molar-refractivity contribution in [3.8, 4) is 0 Å². The topological polar surface area (TPSA) is 41.5 Å². The summed E-state index contributed by atoms with van der Waals surface area (Å²) in [6, 6.07) is 7.66. The van der Waals surface area contributed by atoms with E-state index < -0.39 is 0 Å². The summed E-state index contributed by atoms with van der Waals surface area (Å²) < 4.78 is 1.01. The molecule has 0 aromatic heterocycles. The van der Waals surface area contributed by atoms with Gasteiger partial charge in [0.15, 0.2) is 0 Å². The van der Waals surface area contributed by atoms with Gasteiger partial charge in [-0.1, -0.05) is 28.1 Å². The van der Waals surface area contributed by atoms with Crippen molar-refractivity contribution in [1.29, 1.82) is 0 Å². The highest BCUT2D eigenvalue weighted by atomic mass is 79.9. The van der Waals surface area contributed by atoms with Crippen LogP contribution in [0.3, 0.4) is 0 Å². The minimum Gasteiger partial charge on any atom is -0.309 e. The second kappa shape index (κ2) is 3.30. The predicted molar refractivity (Wildman–Crippen MR) is 53.7 cm³/mol. The molecule has 0 fully saturated rings. The molecule has 0 unspecified atom stereocenters. The van der Waals surface area contributed by atoms with E-state index in [0.29, 0.717) is 5.84 Å². The highest BCUT2D eigenvalue weighted by molar-refractivity contribution is 9.10. The van der Waals surface area contributed by atoms with Crippen molar-refractivity contribution >= 4 is 27.7 Å². The minimum atomic E-state index is -0.0436. The van der Waals surface area contributed by atoms with E-state index in [2.05, 4.69) is 26.2 Å². The third-order valence-corrected chi connectivity index (χ3v) is 2.28. The van der Waals surface area contributed by atoms with Crippen LogP contribution < -0.4 is 5.32 Å². The lowest BCUT2D eigenvalue weighted by Gasteiger charge is -2.00. The zero-order valence-electron chi connectivity index (χ0n) is 6.75. The van der Waals surface area contributed by atoms with Gasteiger partial charge in [0.1, 0.15) is 12.4 Å². The van der Waals surface area contributed by atoms with Crippen LogP contribution in [0.2, 0.25) is 0 Å². The Kier molecular flexibility index (Phi) is 2.14. The van der Waals surface area contributed by atoms with Gasteiger partial charge in [0.05, 0.1) is 0 Å². The van der Waals surface area contributed by atoms with Crippen LogP contribution in [0.5, 0.6) is 0 Å². The summed E-state index contributed by atoms with van der Waals surface area (Å²) in [5.41, 5.74) is 0.939. The van der Waals surface area contributed by atoms with E-state index in [4.69, 9.17) is 0 Å². The van der Waals surface area contributed by atoms with Crippen molar-refractivity contribution in [3.63, 3.8) is 0 Å². The first kappa shape index (κ1) is 8.44. The molecule has 1 amide bonds. The molecule has 0 atom stereocenters. The zero-order chi connectivity index (χ0) is 9.26. The van der Waals surface area contributed by atoms with Gasteiger partial charge in [0.2, 0.25) is 5.91 Å². The Balaban J connectivity index is 2.27. The largest absolute Gasteiger partial charge is 0.309 e. The zero-order valence-corrected chi connectivity index (χ0v) is 8.34. The Hall–Kier alpha value is -1.16. The average Bonchev–Trinajstić information content (AvgIpc) is 2.53. The van der Waals surface area contributed by atoms with Gasteiger partial charge in [0, 0.05) is 10.0 Å². The highest BCUT2D eigenvalue weighted by Gasteiger charge is 2.13. The van der Waals surface area contributed by atoms with Crippen LogP contribution in [0.1, 0.15) is 5.56 Å². The quantitative estimate of drug-likeness (QED) is 0.789. The first-order valence-corrected chi connectivity index (χ1v) is 4.65. The number of carbonyl (C=O) groups excluding carboxylic acids is 1. The summed E-state index contributed by atoms with van der Waals surface area (Å²) in [6.45, 7) is 0.241. The lowest BCUT2D eigenvalue weighted by Crippen LogP contribution is -2.25. The Morgan fingerprint density at radius 1 is 1.31 bits per heavy atom. The van der Waals surface area contributed by atoms with Gasteiger partial charge < -0.3 is 5.32 Å². The Morgan fingerprint density at radius 3 is 2.54 bits per heavy atom. The molecule has 1 aliphatic rings. The van der Waals surface area contributed by atoms with Crippen LogP contribution in [0.4, 0.5) is 0 Å². The molecule has 1 aliphatic heterocycles. The van der Waals surface area contributed by atoms with Gasteiger partial charge in [-0.05, 0) is 12.1 Å². The number of hydrogen-bond donors (Lipinski definition) is 1. The van der Waals surface area contributed by atoms with E-state index in [1.165, 1.54) is 0 Å². The summed E-state index contributed by atoms with van der Waals surface area (Å²) >= 11 is 3.34. The molecule has 1 heterocycles. The van der Waals surface area contributed by atoms with Crippen molar-refractivity contribution in [1.82, 2.24) is 5.32 Å². The number of nitrogens with one attached hydrogen (secondary N) is 1. The molecule has 0 bridgehead atoms.